The molecule has 0 fully saturated rings. The number of carbonyl (C=O) groups is 1. The van der Waals surface area contributed by atoms with Crippen LogP contribution in [0.2, 0.25) is 0 Å². The minimum atomic E-state index is -0.988. The number of hydrogen-bond donors (Lipinski definition) is 1. The highest BCUT2D eigenvalue weighted by atomic mass is 19.2. The van der Waals surface area contributed by atoms with E-state index in [9.17, 15) is 13.6 Å². The molecule has 3 nitrogen and oxygen atoms in total. The third kappa shape index (κ3) is 4.12. The Morgan fingerprint density at radius 1 is 1.04 bits per heavy atom. The van der Waals surface area contributed by atoms with Crippen LogP contribution < -0.4 is 5.32 Å². The second-order valence-corrected chi connectivity index (χ2v) is 5.94. The molecule has 3 rings (SSSR count). The molecule has 0 aliphatic carbocycles. The van der Waals surface area contributed by atoms with Crippen LogP contribution in [0.25, 0.3) is 0 Å². The maximum atomic E-state index is 13.3. The van der Waals surface area contributed by atoms with E-state index in [2.05, 4.69) is 5.32 Å². The lowest BCUT2D eigenvalue weighted by molar-refractivity contribution is -0.116. The first-order valence-electron chi connectivity index (χ1n) is 7.97. The van der Waals surface area contributed by atoms with E-state index in [1.807, 2.05) is 60.3 Å². The Kier molecular flexibility index (Phi) is 4.93. The van der Waals surface area contributed by atoms with Gasteiger partial charge in [0.15, 0.2) is 11.6 Å². The van der Waals surface area contributed by atoms with Gasteiger partial charge in [-0.25, -0.2) is 8.78 Å². The Balaban J connectivity index is 1.80. The van der Waals surface area contributed by atoms with E-state index in [1.54, 1.807) is 0 Å². The lowest BCUT2D eigenvalue weighted by atomic mass is 10.0. The maximum Gasteiger partial charge on any atom is 0.226 e. The van der Waals surface area contributed by atoms with Gasteiger partial charge in [-0.2, -0.15) is 0 Å². The van der Waals surface area contributed by atoms with E-state index in [0.717, 1.165) is 23.3 Å². The first kappa shape index (κ1) is 16.9. The summed E-state index contributed by atoms with van der Waals surface area (Å²) in [6, 6.07) is 14.9. The van der Waals surface area contributed by atoms with Gasteiger partial charge in [-0.3, -0.25) is 4.79 Å². The summed E-state index contributed by atoms with van der Waals surface area (Å²) in [6.07, 6.45) is 3.98. The van der Waals surface area contributed by atoms with Crippen LogP contribution in [-0.2, 0) is 4.79 Å². The SMILES string of the molecule is Cc1cccc(C(CC(=O)Nc2ccc(F)c(F)c2)n2cccc2)c1. The van der Waals surface area contributed by atoms with Gasteiger partial charge in [-0.05, 0) is 36.8 Å². The van der Waals surface area contributed by atoms with Crippen LogP contribution in [-0.4, -0.2) is 10.5 Å². The zero-order valence-electron chi connectivity index (χ0n) is 13.7. The molecule has 1 N–H and O–H groups in total. The molecule has 5 heteroatoms. The molecule has 1 unspecified atom stereocenters. The number of nitrogens with zero attached hydrogens (tertiary/aromatic N) is 1. The van der Waals surface area contributed by atoms with Gasteiger partial charge < -0.3 is 9.88 Å². The molecular formula is C20H18F2N2O. The van der Waals surface area contributed by atoms with Crippen molar-refractivity contribution in [2.75, 3.05) is 5.32 Å². The van der Waals surface area contributed by atoms with Crippen molar-refractivity contribution < 1.29 is 13.6 Å². The number of amides is 1. The second kappa shape index (κ2) is 7.30. The Bertz CT molecular complexity index is 875. The smallest absolute Gasteiger partial charge is 0.226 e. The van der Waals surface area contributed by atoms with Crippen molar-refractivity contribution in [2.45, 2.75) is 19.4 Å². The molecule has 1 amide bonds. The number of nitrogens with one attached hydrogen (secondary N) is 1. The van der Waals surface area contributed by atoms with Crippen LogP contribution >= 0.6 is 0 Å². The molecule has 2 aromatic carbocycles. The largest absolute Gasteiger partial charge is 0.346 e. The van der Waals surface area contributed by atoms with Gasteiger partial charge in [0, 0.05) is 24.1 Å². The van der Waals surface area contributed by atoms with Crippen molar-refractivity contribution in [1.29, 1.82) is 0 Å². The Morgan fingerprint density at radius 2 is 1.80 bits per heavy atom. The van der Waals surface area contributed by atoms with E-state index in [0.29, 0.717) is 0 Å². The monoisotopic (exact) mass is 340 g/mol. The summed E-state index contributed by atoms with van der Waals surface area (Å²) < 4.78 is 28.3. The predicted molar refractivity (Wildman–Crippen MR) is 93.4 cm³/mol. The first-order chi connectivity index (χ1) is 12.0. The van der Waals surface area contributed by atoms with Crippen LogP contribution in [0.4, 0.5) is 14.5 Å². The molecular weight excluding hydrogens is 322 g/mol. The Hall–Kier alpha value is -2.95. The third-order valence-corrected chi connectivity index (χ3v) is 4.00. The Morgan fingerprint density at radius 3 is 2.48 bits per heavy atom. The van der Waals surface area contributed by atoms with Crippen molar-refractivity contribution in [3.8, 4) is 0 Å². The minimum absolute atomic E-state index is 0.178. The predicted octanol–water partition coefficient (Wildman–Crippen LogP) is 4.69. The van der Waals surface area contributed by atoms with E-state index in [1.165, 1.54) is 6.07 Å². The van der Waals surface area contributed by atoms with Crippen molar-refractivity contribution in [3.05, 3.63) is 89.8 Å². The van der Waals surface area contributed by atoms with Crippen molar-refractivity contribution in [3.63, 3.8) is 0 Å². The zero-order valence-corrected chi connectivity index (χ0v) is 13.7. The number of benzene rings is 2. The Labute approximate surface area is 144 Å². The van der Waals surface area contributed by atoms with Crippen LogP contribution in [0.1, 0.15) is 23.6 Å². The highest BCUT2D eigenvalue weighted by molar-refractivity contribution is 5.91. The number of hydrogen-bond acceptors (Lipinski definition) is 1. The summed E-state index contributed by atoms with van der Waals surface area (Å²) in [7, 11) is 0. The lowest BCUT2D eigenvalue weighted by Crippen LogP contribution is -2.19. The summed E-state index contributed by atoms with van der Waals surface area (Å²) in [6.45, 7) is 2.00. The molecule has 0 aliphatic heterocycles. The number of rotatable bonds is 5. The normalized spacial score (nSPS) is 12.0. The summed E-state index contributed by atoms with van der Waals surface area (Å²) in [5.74, 6) is -2.20. The van der Waals surface area contributed by atoms with E-state index < -0.39 is 11.6 Å². The maximum absolute atomic E-state index is 13.3. The van der Waals surface area contributed by atoms with E-state index in [-0.39, 0.29) is 24.1 Å². The molecule has 128 valence electrons. The summed E-state index contributed by atoms with van der Waals surface area (Å²) in [5.41, 5.74) is 2.35. The van der Waals surface area contributed by atoms with Gasteiger partial charge in [0.05, 0.1) is 12.5 Å². The van der Waals surface area contributed by atoms with Gasteiger partial charge in [0.2, 0.25) is 5.91 Å². The minimum Gasteiger partial charge on any atom is -0.346 e. The quantitative estimate of drug-likeness (QED) is 0.718. The van der Waals surface area contributed by atoms with Gasteiger partial charge >= 0.3 is 0 Å². The molecule has 1 heterocycles. The number of halogens is 2. The van der Waals surface area contributed by atoms with Crippen LogP contribution in [0.15, 0.2) is 67.0 Å². The van der Waals surface area contributed by atoms with Gasteiger partial charge in [-0.1, -0.05) is 29.8 Å². The van der Waals surface area contributed by atoms with Crippen LogP contribution in [0.5, 0.6) is 0 Å². The fraction of sp³-hybridized carbons (Fsp3) is 0.150. The molecule has 0 bridgehead atoms. The lowest BCUT2D eigenvalue weighted by Gasteiger charge is -2.20. The number of anilines is 1. The fourth-order valence-corrected chi connectivity index (χ4v) is 2.79. The van der Waals surface area contributed by atoms with Crippen LogP contribution in [0, 0.1) is 18.6 Å². The average molecular weight is 340 g/mol. The average Bonchev–Trinajstić information content (AvgIpc) is 3.10. The van der Waals surface area contributed by atoms with Crippen molar-refractivity contribution >= 4 is 11.6 Å². The highest BCUT2D eigenvalue weighted by Crippen LogP contribution is 2.24. The molecule has 1 atom stereocenters. The molecule has 0 saturated carbocycles. The standard InChI is InChI=1S/C20H18F2N2O/c1-14-5-4-6-15(11-14)19(24-9-2-3-10-24)13-20(25)23-16-7-8-17(21)18(22)12-16/h2-12,19H,13H2,1H3,(H,23,25). The molecule has 0 aliphatic rings. The molecule has 1 aromatic heterocycles. The fourth-order valence-electron chi connectivity index (χ4n) is 2.79. The molecule has 0 saturated heterocycles. The van der Waals surface area contributed by atoms with E-state index in [4.69, 9.17) is 0 Å². The molecule has 3 aromatic rings. The van der Waals surface area contributed by atoms with Gasteiger partial charge in [-0.15, -0.1) is 0 Å². The van der Waals surface area contributed by atoms with Crippen molar-refractivity contribution in [1.82, 2.24) is 4.57 Å². The van der Waals surface area contributed by atoms with Crippen molar-refractivity contribution in [2.24, 2.45) is 0 Å². The summed E-state index contributed by atoms with van der Waals surface area (Å²) >= 11 is 0. The molecule has 0 spiro atoms. The van der Waals surface area contributed by atoms with Gasteiger partial charge in [0.25, 0.3) is 0 Å². The summed E-state index contributed by atoms with van der Waals surface area (Å²) in [5, 5.41) is 2.63. The van der Waals surface area contributed by atoms with E-state index >= 15 is 0 Å². The number of aryl methyl sites for hydroxylation is 1. The number of carbonyl (C=O) groups excluding carboxylic acids is 1. The summed E-state index contributed by atoms with van der Waals surface area (Å²) in [4.78, 5) is 12.4. The number of aromatic nitrogens is 1. The zero-order chi connectivity index (χ0) is 17.8. The molecule has 0 radical (unpaired) electrons. The van der Waals surface area contributed by atoms with Crippen LogP contribution in [0.3, 0.4) is 0 Å². The van der Waals surface area contributed by atoms with Gasteiger partial charge in [0.1, 0.15) is 0 Å². The second-order valence-electron chi connectivity index (χ2n) is 5.94. The topological polar surface area (TPSA) is 34.0 Å². The molecule has 25 heavy (non-hydrogen) atoms. The first-order valence-corrected chi connectivity index (χ1v) is 7.97. The highest BCUT2D eigenvalue weighted by Gasteiger charge is 2.18. The third-order valence-electron chi connectivity index (χ3n) is 4.00.